The van der Waals surface area contributed by atoms with Crippen LogP contribution >= 0.6 is 11.6 Å². The summed E-state index contributed by atoms with van der Waals surface area (Å²) in [4.78, 5) is 0. The highest BCUT2D eigenvalue weighted by Gasteiger charge is 2.24. The van der Waals surface area contributed by atoms with Crippen LogP contribution < -0.4 is 10.5 Å². The number of nitrogens with two attached hydrogens (primary N) is 1. The van der Waals surface area contributed by atoms with Gasteiger partial charge in [-0.1, -0.05) is 18.5 Å². The highest BCUT2D eigenvalue weighted by Crippen LogP contribution is 2.29. The highest BCUT2D eigenvalue weighted by atomic mass is 35.5. The van der Waals surface area contributed by atoms with Crippen LogP contribution in [0.3, 0.4) is 0 Å². The third-order valence-electron chi connectivity index (χ3n) is 3.06. The molecule has 1 aromatic heterocycles. The van der Waals surface area contributed by atoms with E-state index in [0.717, 1.165) is 12.2 Å². The van der Waals surface area contributed by atoms with Crippen LogP contribution in [-0.4, -0.2) is 6.04 Å². The monoisotopic (exact) mass is 297 g/mol. The molecule has 108 valence electrons. The summed E-state index contributed by atoms with van der Waals surface area (Å²) in [6.45, 7) is 3.82. The number of aryl methyl sites for hydroxylation is 1. The fourth-order valence-electron chi connectivity index (χ4n) is 1.87. The third-order valence-corrected chi connectivity index (χ3v) is 3.35. The molecule has 5 heteroatoms. The summed E-state index contributed by atoms with van der Waals surface area (Å²) in [6.07, 6.45) is 0.287. The third kappa shape index (κ3) is 3.32. The Hall–Kier alpha value is -1.52. The van der Waals surface area contributed by atoms with E-state index in [4.69, 9.17) is 26.5 Å². The Bertz CT molecular complexity index is 585. The zero-order valence-electron chi connectivity index (χ0n) is 11.4. The molecule has 0 aliphatic rings. The molecule has 2 unspecified atom stereocenters. The molecule has 0 fully saturated rings. The van der Waals surface area contributed by atoms with E-state index in [1.165, 1.54) is 18.2 Å². The molecule has 0 bridgehead atoms. The Labute approximate surface area is 122 Å². The first-order valence-electron chi connectivity index (χ1n) is 6.45. The van der Waals surface area contributed by atoms with Gasteiger partial charge in [0.1, 0.15) is 23.1 Å². The Morgan fingerprint density at radius 2 is 2.10 bits per heavy atom. The van der Waals surface area contributed by atoms with Crippen molar-refractivity contribution in [2.75, 3.05) is 0 Å². The van der Waals surface area contributed by atoms with Crippen LogP contribution in [0.15, 0.2) is 34.7 Å². The van der Waals surface area contributed by atoms with Gasteiger partial charge in [-0.2, -0.15) is 0 Å². The maximum absolute atomic E-state index is 13.2. The summed E-state index contributed by atoms with van der Waals surface area (Å²) < 4.78 is 24.6. The van der Waals surface area contributed by atoms with Crippen molar-refractivity contribution < 1.29 is 13.5 Å². The van der Waals surface area contributed by atoms with Gasteiger partial charge in [-0.25, -0.2) is 4.39 Å². The van der Waals surface area contributed by atoms with Gasteiger partial charge in [-0.3, -0.25) is 0 Å². The molecular weight excluding hydrogens is 281 g/mol. The average molecular weight is 298 g/mol. The molecule has 0 saturated carbocycles. The molecule has 2 aromatic rings. The minimum Gasteiger partial charge on any atom is -0.481 e. The van der Waals surface area contributed by atoms with Crippen molar-refractivity contribution in [3.8, 4) is 5.75 Å². The Morgan fingerprint density at radius 3 is 2.65 bits per heavy atom. The number of ether oxygens (including phenoxy) is 1. The summed E-state index contributed by atoms with van der Waals surface area (Å²) in [5.74, 6) is 1.41. The zero-order valence-corrected chi connectivity index (χ0v) is 12.2. The fourth-order valence-corrected chi connectivity index (χ4v) is 2.04. The Kier molecular flexibility index (Phi) is 4.68. The van der Waals surface area contributed by atoms with Gasteiger partial charge >= 0.3 is 0 Å². The molecule has 2 rings (SSSR count). The van der Waals surface area contributed by atoms with Gasteiger partial charge in [0.25, 0.3) is 0 Å². The minimum absolute atomic E-state index is 0.0157. The van der Waals surface area contributed by atoms with E-state index in [1.54, 1.807) is 0 Å². The van der Waals surface area contributed by atoms with Crippen LogP contribution in [0.2, 0.25) is 5.02 Å². The Morgan fingerprint density at radius 1 is 1.35 bits per heavy atom. The SMILES string of the molecule is CCC(N)C(Oc1ccc(F)c(Cl)c1)c1ccc(C)o1. The van der Waals surface area contributed by atoms with E-state index >= 15 is 0 Å². The number of furan rings is 1. The standard InChI is InChI=1S/C15H17ClFNO2/c1-3-13(18)15(14-7-4-9(2)19-14)20-10-5-6-12(17)11(16)8-10/h4-8,13,15H,3,18H2,1-2H3. The molecule has 0 radical (unpaired) electrons. The van der Waals surface area contributed by atoms with Gasteiger partial charge < -0.3 is 14.9 Å². The molecule has 1 heterocycles. The van der Waals surface area contributed by atoms with Gasteiger partial charge in [-0.15, -0.1) is 0 Å². The molecule has 0 aliphatic heterocycles. The van der Waals surface area contributed by atoms with Gasteiger partial charge in [-0.05, 0) is 37.6 Å². The average Bonchev–Trinajstić information content (AvgIpc) is 2.85. The normalized spacial score (nSPS) is 14.1. The second-order valence-electron chi connectivity index (χ2n) is 4.63. The molecule has 2 N–H and O–H groups in total. The number of halogens is 2. The first-order valence-corrected chi connectivity index (χ1v) is 6.82. The number of hydrogen-bond acceptors (Lipinski definition) is 3. The van der Waals surface area contributed by atoms with Crippen molar-refractivity contribution in [1.82, 2.24) is 0 Å². The molecule has 0 spiro atoms. The lowest BCUT2D eigenvalue weighted by Crippen LogP contribution is -2.31. The minimum atomic E-state index is -0.482. The van der Waals surface area contributed by atoms with Gasteiger partial charge in [0.2, 0.25) is 0 Å². The lowest BCUT2D eigenvalue weighted by Gasteiger charge is -2.22. The lowest BCUT2D eigenvalue weighted by molar-refractivity contribution is 0.143. The molecule has 3 nitrogen and oxygen atoms in total. The number of benzene rings is 1. The fraction of sp³-hybridized carbons (Fsp3) is 0.333. The number of rotatable bonds is 5. The largest absolute Gasteiger partial charge is 0.481 e. The van der Waals surface area contributed by atoms with Crippen LogP contribution in [0, 0.1) is 12.7 Å². The van der Waals surface area contributed by atoms with E-state index in [-0.39, 0.29) is 11.1 Å². The topological polar surface area (TPSA) is 48.4 Å². The quantitative estimate of drug-likeness (QED) is 0.898. The van der Waals surface area contributed by atoms with Crippen LogP contribution in [-0.2, 0) is 0 Å². The zero-order chi connectivity index (χ0) is 14.7. The van der Waals surface area contributed by atoms with Crippen molar-refractivity contribution in [1.29, 1.82) is 0 Å². The lowest BCUT2D eigenvalue weighted by atomic mass is 10.1. The van der Waals surface area contributed by atoms with Crippen molar-refractivity contribution in [3.05, 3.63) is 52.7 Å². The van der Waals surface area contributed by atoms with Crippen LogP contribution in [0.5, 0.6) is 5.75 Å². The van der Waals surface area contributed by atoms with E-state index < -0.39 is 11.9 Å². The van der Waals surface area contributed by atoms with Gasteiger partial charge in [0.05, 0.1) is 5.02 Å². The Balaban J connectivity index is 2.25. The van der Waals surface area contributed by atoms with Crippen molar-refractivity contribution >= 4 is 11.6 Å². The maximum Gasteiger partial charge on any atom is 0.171 e. The van der Waals surface area contributed by atoms with Crippen molar-refractivity contribution in [2.45, 2.75) is 32.4 Å². The number of hydrogen-bond donors (Lipinski definition) is 1. The summed E-state index contributed by atoms with van der Waals surface area (Å²) in [7, 11) is 0. The second kappa shape index (κ2) is 6.29. The molecule has 2 atom stereocenters. The summed E-state index contributed by atoms with van der Waals surface area (Å²) >= 11 is 5.75. The maximum atomic E-state index is 13.2. The molecular formula is C15H17ClFNO2. The van der Waals surface area contributed by atoms with Crippen molar-refractivity contribution in [3.63, 3.8) is 0 Å². The predicted molar refractivity (Wildman–Crippen MR) is 76.5 cm³/mol. The smallest absolute Gasteiger partial charge is 0.171 e. The summed E-state index contributed by atoms with van der Waals surface area (Å²) in [6, 6.07) is 7.67. The van der Waals surface area contributed by atoms with Gasteiger partial charge in [0.15, 0.2) is 6.10 Å². The first-order chi connectivity index (χ1) is 9.51. The van der Waals surface area contributed by atoms with Crippen LogP contribution in [0.1, 0.15) is 31.0 Å². The van der Waals surface area contributed by atoms with Crippen LogP contribution in [0.25, 0.3) is 0 Å². The highest BCUT2D eigenvalue weighted by molar-refractivity contribution is 6.30. The van der Waals surface area contributed by atoms with Crippen LogP contribution in [0.4, 0.5) is 4.39 Å². The van der Waals surface area contributed by atoms with Crippen molar-refractivity contribution in [2.24, 2.45) is 5.73 Å². The van der Waals surface area contributed by atoms with E-state index in [9.17, 15) is 4.39 Å². The second-order valence-corrected chi connectivity index (χ2v) is 5.04. The molecule has 0 amide bonds. The van der Waals surface area contributed by atoms with Gasteiger partial charge in [0, 0.05) is 12.1 Å². The molecule has 0 saturated heterocycles. The first kappa shape index (κ1) is 14.9. The molecule has 0 aliphatic carbocycles. The van der Waals surface area contributed by atoms with E-state index in [0.29, 0.717) is 11.5 Å². The van der Waals surface area contributed by atoms with E-state index in [1.807, 2.05) is 26.0 Å². The molecule has 20 heavy (non-hydrogen) atoms. The summed E-state index contributed by atoms with van der Waals surface area (Å²) in [5.41, 5.74) is 6.08. The predicted octanol–water partition coefficient (Wildman–Crippen LogP) is 4.24. The van der Waals surface area contributed by atoms with E-state index in [2.05, 4.69) is 0 Å². The molecule has 1 aromatic carbocycles. The summed E-state index contributed by atoms with van der Waals surface area (Å²) in [5, 5.41) is 0.0157.